The largest absolute Gasteiger partial charge is 0.478 e. The molecular formula is C15H18N2O3. The number of carbonyl (C=O) groups excluding carboxylic acids is 1. The van der Waals surface area contributed by atoms with Crippen molar-refractivity contribution in [2.24, 2.45) is 5.92 Å². The van der Waals surface area contributed by atoms with Gasteiger partial charge in [0.25, 0.3) is 5.91 Å². The van der Waals surface area contributed by atoms with E-state index >= 15 is 0 Å². The van der Waals surface area contributed by atoms with Crippen LogP contribution in [0.1, 0.15) is 35.7 Å². The minimum atomic E-state index is -1.02. The summed E-state index contributed by atoms with van der Waals surface area (Å²) in [6.07, 6.45) is 7.72. The van der Waals surface area contributed by atoms with Crippen molar-refractivity contribution in [3.63, 3.8) is 0 Å². The third-order valence-corrected chi connectivity index (χ3v) is 3.37. The molecule has 20 heavy (non-hydrogen) atoms. The van der Waals surface area contributed by atoms with E-state index in [4.69, 9.17) is 5.11 Å². The Morgan fingerprint density at radius 3 is 2.95 bits per heavy atom. The SMILES string of the molecule is CC1CCCN(C(=O)c2cncc(C=CC(=O)O)c2)C1. The van der Waals surface area contributed by atoms with E-state index in [0.29, 0.717) is 17.0 Å². The average Bonchev–Trinajstić information content (AvgIpc) is 2.44. The van der Waals surface area contributed by atoms with Crippen LogP contribution in [0.4, 0.5) is 0 Å². The van der Waals surface area contributed by atoms with Gasteiger partial charge in [-0.05, 0) is 36.5 Å². The van der Waals surface area contributed by atoms with Crippen molar-refractivity contribution in [3.8, 4) is 0 Å². The van der Waals surface area contributed by atoms with Gasteiger partial charge in [0.2, 0.25) is 0 Å². The van der Waals surface area contributed by atoms with Crippen molar-refractivity contribution in [3.05, 3.63) is 35.7 Å². The summed E-state index contributed by atoms with van der Waals surface area (Å²) in [4.78, 5) is 28.7. The first-order chi connectivity index (χ1) is 9.56. The van der Waals surface area contributed by atoms with Crippen molar-refractivity contribution in [2.75, 3.05) is 13.1 Å². The van der Waals surface area contributed by atoms with Gasteiger partial charge in [0.1, 0.15) is 0 Å². The third kappa shape index (κ3) is 3.66. The predicted octanol–water partition coefficient (Wildman–Crippen LogP) is 2.05. The first-order valence-electron chi connectivity index (χ1n) is 6.71. The van der Waals surface area contributed by atoms with Crippen LogP contribution in [0.15, 0.2) is 24.5 Å². The molecule has 106 valence electrons. The van der Waals surface area contributed by atoms with E-state index in [1.807, 2.05) is 4.90 Å². The molecule has 0 radical (unpaired) electrons. The molecule has 0 bridgehead atoms. The molecule has 1 amide bonds. The highest BCUT2D eigenvalue weighted by Crippen LogP contribution is 2.18. The number of aromatic nitrogens is 1. The van der Waals surface area contributed by atoms with Crippen LogP contribution >= 0.6 is 0 Å². The predicted molar refractivity (Wildman–Crippen MR) is 75.2 cm³/mol. The zero-order chi connectivity index (χ0) is 14.5. The Bertz CT molecular complexity index is 540. The molecule has 1 N–H and O–H groups in total. The first kappa shape index (κ1) is 14.2. The highest BCUT2D eigenvalue weighted by atomic mass is 16.4. The second kappa shape index (κ2) is 6.32. The molecule has 1 aliphatic rings. The van der Waals surface area contributed by atoms with Crippen LogP contribution in [0.2, 0.25) is 0 Å². The molecule has 0 saturated carbocycles. The fraction of sp³-hybridized carbons (Fsp3) is 0.400. The number of rotatable bonds is 3. The van der Waals surface area contributed by atoms with Crippen LogP contribution in [0.25, 0.3) is 6.08 Å². The fourth-order valence-electron chi connectivity index (χ4n) is 2.39. The van der Waals surface area contributed by atoms with Gasteiger partial charge in [0.05, 0.1) is 5.56 Å². The number of hydrogen-bond donors (Lipinski definition) is 1. The minimum Gasteiger partial charge on any atom is -0.478 e. The summed E-state index contributed by atoms with van der Waals surface area (Å²) in [7, 11) is 0. The molecule has 5 nitrogen and oxygen atoms in total. The maximum atomic E-state index is 12.4. The second-order valence-electron chi connectivity index (χ2n) is 5.18. The van der Waals surface area contributed by atoms with Crippen LogP contribution < -0.4 is 0 Å². The average molecular weight is 274 g/mol. The number of likely N-dealkylation sites (tertiary alicyclic amines) is 1. The molecule has 1 aliphatic heterocycles. The van der Waals surface area contributed by atoms with E-state index < -0.39 is 5.97 Å². The van der Waals surface area contributed by atoms with Gasteiger partial charge in [-0.15, -0.1) is 0 Å². The normalized spacial score (nSPS) is 19.2. The maximum Gasteiger partial charge on any atom is 0.328 e. The highest BCUT2D eigenvalue weighted by Gasteiger charge is 2.22. The molecule has 1 aromatic rings. The summed E-state index contributed by atoms with van der Waals surface area (Å²) in [6, 6.07) is 1.67. The van der Waals surface area contributed by atoms with E-state index in [1.54, 1.807) is 6.07 Å². The number of hydrogen-bond acceptors (Lipinski definition) is 3. The second-order valence-corrected chi connectivity index (χ2v) is 5.18. The number of nitrogens with zero attached hydrogens (tertiary/aromatic N) is 2. The molecule has 1 unspecified atom stereocenters. The minimum absolute atomic E-state index is 0.0328. The zero-order valence-electron chi connectivity index (χ0n) is 11.5. The van der Waals surface area contributed by atoms with Gasteiger partial charge in [0, 0.05) is 31.6 Å². The topological polar surface area (TPSA) is 70.5 Å². The zero-order valence-corrected chi connectivity index (χ0v) is 11.5. The van der Waals surface area contributed by atoms with E-state index in [0.717, 1.165) is 32.0 Å². The number of carboxylic acid groups (broad SMARTS) is 1. The Morgan fingerprint density at radius 2 is 2.25 bits per heavy atom. The lowest BCUT2D eigenvalue weighted by atomic mass is 9.99. The van der Waals surface area contributed by atoms with Gasteiger partial charge in [-0.2, -0.15) is 0 Å². The Labute approximate surface area is 117 Å². The van der Waals surface area contributed by atoms with Crippen LogP contribution in [0.5, 0.6) is 0 Å². The number of amides is 1. The summed E-state index contributed by atoms with van der Waals surface area (Å²) in [5.74, 6) is -0.531. The lowest BCUT2D eigenvalue weighted by molar-refractivity contribution is -0.131. The summed E-state index contributed by atoms with van der Waals surface area (Å²) < 4.78 is 0. The van der Waals surface area contributed by atoms with E-state index in [2.05, 4.69) is 11.9 Å². The molecule has 0 spiro atoms. The van der Waals surface area contributed by atoms with Gasteiger partial charge < -0.3 is 10.0 Å². The Morgan fingerprint density at radius 1 is 1.45 bits per heavy atom. The monoisotopic (exact) mass is 274 g/mol. The van der Waals surface area contributed by atoms with Crippen molar-refractivity contribution >= 4 is 18.0 Å². The number of carboxylic acids is 1. The van der Waals surface area contributed by atoms with Gasteiger partial charge in [0.15, 0.2) is 0 Å². The highest BCUT2D eigenvalue weighted by molar-refractivity contribution is 5.94. The first-order valence-corrected chi connectivity index (χ1v) is 6.71. The van der Waals surface area contributed by atoms with E-state index in [9.17, 15) is 9.59 Å². The molecule has 5 heteroatoms. The third-order valence-electron chi connectivity index (χ3n) is 3.37. The lowest BCUT2D eigenvalue weighted by Crippen LogP contribution is -2.39. The van der Waals surface area contributed by atoms with E-state index in [-0.39, 0.29) is 5.91 Å². The number of piperidine rings is 1. The summed E-state index contributed by atoms with van der Waals surface area (Å²) in [5, 5.41) is 8.60. The standard InChI is InChI=1S/C15H18N2O3/c1-11-3-2-6-17(10-11)15(20)13-7-12(8-16-9-13)4-5-14(18)19/h4-5,7-9,11H,2-3,6,10H2,1H3,(H,18,19). The van der Waals surface area contributed by atoms with Crippen molar-refractivity contribution in [1.82, 2.24) is 9.88 Å². The number of carbonyl (C=O) groups is 2. The van der Waals surface area contributed by atoms with Crippen LogP contribution in [-0.4, -0.2) is 40.0 Å². The fourth-order valence-corrected chi connectivity index (χ4v) is 2.39. The molecule has 1 fully saturated rings. The van der Waals surface area contributed by atoms with Crippen molar-refractivity contribution in [2.45, 2.75) is 19.8 Å². The molecule has 2 heterocycles. The van der Waals surface area contributed by atoms with Gasteiger partial charge in [-0.3, -0.25) is 9.78 Å². The van der Waals surface area contributed by atoms with Crippen LogP contribution in [0.3, 0.4) is 0 Å². The summed E-state index contributed by atoms with van der Waals surface area (Å²) >= 11 is 0. The summed E-state index contributed by atoms with van der Waals surface area (Å²) in [6.45, 7) is 3.69. The Balaban J connectivity index is 2.13. The van der Waals surface area contributed by atoms with Gasteiger partial charge in [-0.1, -0.05) is 6.92 Å². The molecule has 1 atom stereocenters. The lowest BCUT2D eigenvalue weighted by Gasteiger charge is -2.30. The van der Waals surface area contributed by atoms with Gasteiger partial charge in [-0.25, -0.2) is 4.79 Å². The van der Waals surface area contributed by atoms with Crippen molar-refractivity contribution in [1.29, 1.82) is 0 Å². The van der Waals surface area contributed by atoms with E-state index in [1.165, 1.54) is 18.5 Å². The van der Waals surface area contributed by atoms with Crippen LogP contribution in [-0.2, 0) is 4.79 Å². The Kier molecular flexibility index (Phi) is 4.50. The number of aliphatic carboxylic acids is 1. The molecule has 0 aliphatic carbocycles. The maximum absolute atomic E-state index is 12.4. The molecule has 2 rings (SSSR count). The number of pyridine rings is 1. The molecular weight excluding hydrogens is 256 g/mol. The van der Waals surface area contributed by atoms with Gasteiger partial charge >= 0.3 is 5.97 Å². The molecule has 0 aromatic carbocycles. The Hall–Kier alpha value is -2.17. The quantitative estimate of drug-likeness (QED) is 0.856. The summed E-state index contributed by atoms with van der Waals surface area (Å²) in [5.41, 5.74) is 1.12. The molecule has 1 aromatic heterocycles. The smallest absolute Gasteiger partial charge is 0.328 e. The van der Waals surface area contributed by atoms with Crippen LogP contribution in [0, 0.1) is 5.92 Å². The molecule has 1 saturated heterocycles. The van der Waals surface area contributed by atoms with Crippen molar-refractivity contribution < 1.29 is 14.7 Å².